The average molecular weight is 386 g/mol. The summed E-state index contributed by atoms with van der Waals surface area (Å²) < 4.78 is 26.1. The van der Waals surface area contributed by atoms with Gasteiger partial charge < -0.3 is 9.80 Å². The van der Waals surface area contributed by atoms with E-state index in [9.17, 15) is 13.6 Å². The minimum absolute atomic E-state index is 0.346. The van der Waals surface area contributed by atoms with Crippen LogP contribution in [0.25, 0.3) is 10.9 Å². The number of fused-ring (bicyclic) bond motifs is 1. The van der Waals surface area contributed by atoms with E-state index in [1.807, 2.05) is 31.5 Å². The lowest BCUT2D eigenvalue weighted by atomic mass is 10.2. The number of alkyl halides is 2. The highest BCUT2D eigenvalue weighted by Gasteiger charge is 2.20. The van der Waals surface area contributed by atoms with Crippen molar-refractivity contribution in [1.82, 2.24) is 19.5 Å². The summed E-state index contributed by atoms with van der Waals surface area (Å²) in [6.07, 6.45) is 2.22. The molecule has 0 bridgehead atoms. The number of rotatable bonds is 4. The van der Waals surface area contributed by atoms with Crippen LogP contribution in [0, 0.1) is 6.92 Å². The van der Waals surface area contributed by atoms with Crippen LogP contribution in [0.2, 0.25) is 0 Å². The Morgan fingerprint density at radius 2 is 1.71 bits per heavy atom. The van der Waals surface area contributed by atoms with E-state index in [1.54, 1.807) is 6.07 Å². The van der Waals surface area contributed by atoms with Crippen molar-refractivity contribution in [3.63, 3.8) is 0 Å². The molecule has 7 nitrogen and oxygen atoms in total. The molecule has 3 aromatic rings. The maximum Gasteiger partial charge on any atom is 0.261 e. The third-order valence-electron chi connectivity index (χ3n) is 4.84. The largest absolute Gasteiger partial charge is 0.368 e. The van der Waals surface area contributed by atoms with Gasteiger partial charge in [-0.25, -0.2) is 23.7 Å². The molecule has 146 valence electrons. The summed E-state index contributed by atoms with van der Waals surface area (Å²) in [5.41, 5.74) is 2.05. The van der Waals surface area contributed by atoms with Crippen molar-refractivity contribution in [2.75, 3.05) is 36.0 Å². The van der Waals surface area contributed by atoms with Crippen LogP contribution in [-0.4, -0.2) is 52.1 Å². The Labute approximate surface area is 160 Å². The van der Waals surface area contributed by atoms with Gasteiger partial charge in [0.15, 0.2) is 0 Å². The normalized spacial score (nSPS) is 14.9. The van der Waals surface area contributed by atoms with Crippen LogP contribution in [0.5, 0.6) is 0 Å². The quantitative estimate of drug-likeness (QED) is 0.684. The van der Waals surface area contributed by atoms with Crippen LogP contribution in [0.3, 0.4) is 0 Å². The van der Waals surface area contributed by atoms with Gasteiger partial charge in [-0.15, -0.1) is 0 Å². The molecule has 3 heterocycles. The summed E-state index contributed by atoms with van der Waals surface area (Å²) in [6, 6.07) is 5.34. The molecule has 0 radical (unpaired) electrons. The molecule has 2 aromatic heterocycles. The van der Waals surface area contributed by atoms with Crippen molar-refractivity contribution in [2.45, 2.75) is 19.9 Å². The predicted octanol–water partition coefficient (Wildman–Crippen LogP) is 2.09. The summed E-state index contributed by atoms with van der Waals surface area (Å²) >= 11 is 0. The van der Waals surface area contributed by atoms with E-state index in [4.69, 9.17) is 0 Å². The Hall–Kier alpha value is -3.10. The molecular weight excluding hydrogens is 366 g/mol. The first-order valence-corrected chi connectivity index (χ1v) is 9.07. The molecule has 1 aromatic carbocycles. The first-order chi connectivity index (χ1) is 13.5. The van der Waals surface area contributed by atoms with Crippen LogP contribution >= 0.6 is 0 Å². The second kappa shape index (κ2) is 7.49. The van der Waals surface area contributed by atoms with Gasteiger partial charge in [0.2, 0.25) is 5.95 Å². The number of halogens is 2. The highest BCUT2D eigenvalue weighted by molar-refractivity contribution is 5.81. The number of aryl methyl sites for hydroxylation is 1. The molecule has 0 aliphatic carbocycles. The lowest BCUT2D eigenvalue weighted by molar-refractivity contribution is 0.125. The molecule has 28 heavy (non-hydrogen) atoms. The van der Waals surface area contributed by atoms with Crippen molar-refractivity contribution in [2.24, 2.45) is 0 Å². The monoisotopic (exact) mass is 386 g/mol. The minimum atomic E-state index is -2.59. The third-order valence-corrected chi connectivity index (χ3v) is 4.84. The Morgan fingerprint density at radius 1 is 1.04 bits per heavy atom. The van der Waals surface area contributed by atoms with E-state index < -0.39 is 18.5 Å². The van der Waals surface area contributed by atoms with E-state index in [2.05, 4.69) is 24.8 Å². The van der Waals surface area contributed by atoms with Crippen molar-refractivity contribution >= 4 is 22.5 Å². The summed E-state index contributed by atoms with van der Waals surface area (Å²) in [7, 11) is 0. The number of hydrogen-bond acceptors (Lipinski definition) is 6. The van der Waals surface area contributed by atoms with Gasteiger partial charge in [0, 0.05) is 44.3 Å². The van der Waals surface area contributed by atoms with E-state index in [0.717, 1.165) is 47.9 Å². The fraction of sp³-hybridized carbons (Fsp3) is 0.368. The molecule has 1 saturated heterocycles. The molecule has 0 spiro atoms. The molecule has 0 saturated carbocycles. The highest BCUT2D eigenvalue weighted by atomic mass is 19.3. The van der Waals surface area contributed by atoms with E-state index in [0.29, 0.717) is 10.9 Å². The molecule has 1 aliphatic heterocycles. The SMILES string of the molecule is Cc1cnc(N2CCN(c3ccc4c(=O)n(CC(F)F)cnc4c3)CC2)nc1. The number of benzene rings is 1. The fourth-order valence-electron chi connectivity index (χ4n) is 3.34. The van der Waals surface area contributed by atoms with E-state index >= 15 is 0 Å². The van der Waals surface area contributed by atoms with Gasteiger partial charge in [-0.05, 0) is 30.7 Å². The van der Waals surface area contributed by atoms with Gasteiger partial charge in [0.05, 0.1) is 23.8 Å². The minimum Gasteiger partial charge on any atom is -0.368 e. The Balaban J connectivity index is 1.51. The molecule has 0 amide bonds. The second-order valence-electron chi connectivity index (χ2n) is 6.83. The van der Waals surface area contributed by atoms with Crippen molar-refractivity contribution in [1.29, 1.82) is 0 Å². The maximum atomic E-state index is 12.6. The third kappa shape index (κ3) is 3.64. The smallest absolute Gasteiger partial charge is 0.261 e. The van der Waals surface area contributed by atoms with Gasteiger partial charge in [0.25, 0.3) is 12.0 Å². The summed E-state index contributed by atoms with van der Waals surface area (Å²) in [5.74, 6) is 0.727. The lowest BCUT2D eigenvalue weighted by Crippen LogP contribution is -2.47. The van der Waals surface area contributed by atoms with Crippen molar-refractivity contribution in [3.05, 3.63) is 52.8 Å². The van der Waals surface area contributed by atoms with Gasteiger partial charge in [-0.1, -0.05) is 0 Å². The number of hydrogen-bond donors (Lipinski definition) is 0. The average Bonchev–Trinajstić information content (AvgIpc) is 2.70. The standard InChI is InChI=1S/C19H20F2N6O/c1-13-9-22-19(23-10-13)26-6-4-25(5-7-26)14-2-3-15-16(8-14)24-12-27(18(15)28)11-17(20)21/h2-3,8-10,12,17H,4-7,11H2,1H3. The first kappa shape index (κ1) is 18.3. The van der Waals surface area contributed by atoms with Crippen molar-refractivity contribution in [3.8, 4) is 0 Å². The molecule has 0 N–H and O–H groups in total. The number of anilines is 2. The van der Waals surface area contributed by atoms with E-state index in [-0.39, 0.29) is 0 Å². The fourth-order valence-corrected chi connectivity index (χ4v) is 3.34. The molecular formula is C19H20F2N6O. The Kier molecular flexibility index (Phi) is 4.89. The van der Waals surface area contributed by atoms with Gasteiger partial charge in [-0.3, -0.25) is 9.36 Å². The topological polar surface area (TPSA) is 67.2 Å². The molecule has 1 aliphatic rings. The van der Waals surface area contributed by atoms with Gasteiger partial charge >= 0.3 is 0 Å². The molecule has 0 atom stereocenters. The second-order valence-corrected chi connectivity index (χ2v) is 6.83. The number of piperazine rings is 1. The molecule has 9 heteroatoms. The van der Waals surface area contributed by atoms with Gasteiger partial charge in [0.1, 0.15) is 0 Å². The van der Waals surface area contributed by atoms with Crippen LogP contribution in [0.4, 0.5) is 20.4 Å². The number of aromatic nitrogens is 4. The zero-order valence-corrected chi connectivity index (χ0v) is 15.4. The maximum absolute atomic E-state index is 12.6. The Bertz CT molecular complexity index is 1030. The summed E-state index contributed by atoms with van der Waals surface area (Å²) in [6.45, 7) is 4.44. The predicted molar refractivity (Wildman–Crippen MR) is 103 cm³/mol. The zero-order chi connectivity index (χ0) is 19.7. The highest BCUT2D eigenvalue weighted by Crippen LogP contribution is 2.21. The summed E-state index contributed by atoms with van der Waals surface area (Å²) in [5, 5.41) is 0.346. The van der Waals surface area contributed by atoms with Crippen molar-refractivity contribution < 1.29 is 8.78 Å². The van der Waals surface area contributed by atoms with Crippen LogP contribution in [0.1, 0.15) is 5.56 Å². The molecule has 1 fully saturated rings. The van der Waals surface area contributed by atoms with Crippen LogP contribution in [-0.2, 0) is 6.54 Å². The van der Waals surface area contributed by atoms with Gasteiger partial charge in [-0.2, -0.15) is 0 Å². The molecule has 4 rings (SSSR count). The molecule has 0 unspecified atom stereocenters. The first-order valence-electron chi connectivity index (χ1n) is 9.07. The Morgan fingerprint density at radius 3 is 2.39 bits per heavy atom. The van der Waals surface area contributed by atoms with Crippen LogP contribution in [0.15, 0.2) is 41.7 Å². The lowest BCUT2D eigenvalue weighted by Gasteiger charge is -2.36. The summed E-state index contributed by atoms with van der Waals surface area (Å²) in [4.78, 5) is 29.6. The number of nitrogens with zero attached hydrogens (tertiary/aromatic N) is 6. The van der Waals surface area contributed by atoms with E-state index in [1.165, 1.54) is 6.33 Å². The zero-order valence-electron chi connectivity index (χ0n) is 15.4. The van der Waals surface area contributed by atoms with Crippen LogP contribution < -0.4 is 15.4 Å².